The van der Waals surface area contributed by atoms with Crippen LogP contribution in [-0.4, -0.2) is 47.1 Å². The molecule has 1 N–H and O–H groups in total. The highest BCUT2D eigenvalue weighted by Gasteiger charge is 2.30. The Morgan fingerprint density at radius 3 is 2.43 bits per heavy atom. The molecule has 4 aromatic rings. The molecule has 2 fully saturated rings. The number of aromatic nitrogens is 5. The van der Waals surface area contributed by atoms with Crippen molar-refractivity contribution in [3.05, 3.63) is 91.5 Å². The molecule has 1 amide bonds. The zero-order valence-corrected chi connectivity index (χ0v) is 24.8. The number of halogens is 2. The van der Waals surface area contributed by atoms with Crippen LogP contribution in [0.15, 0.2) is 52.4 Å². The first-order valence-electron chi connectivity index (χ1n) is 14.3. The molecule has 0 spiro atoms. The topological polar surface area (TPSA) is 104 Å². The fourth-order valence-corrected chi connectivity index (χ4v) is 7.35. The van der Waals surface area contributed by atoms with Gasteiger partial charge in [0.2, 0.25) is 0 Å². The van der Waals surface area contributed by atoms with Gasteiger partial charge < -0.3 is 9.88 Å². The lowest BCUT2D eigenvalue weighted by molar-refractivity contribution is 0.0916. The fraction of sp³-hybridized carbons (Fsp3) is 0.433. The maximum atomic E-state index is 14.2. The molecule has 9 nitrogen and oxygen atoms in total. The van der Waals surface area contributed by atoms with Crippen LogP contribution in [0, 0.1) is 12.7 Å². The van der Waals surface area contributed by atoms with Gasteiger partial charge in [-0.15, -0.1) is 0 Å². The number of carbonyl (C=O) groups is 1. The summed E-state index contributed by atoms with van der Waals surface area (Å²) in [5.74, 6) is 0.992. The average molecular weight is 611 g/mol. The van der Waals surface area contributed by atoms with E-state index in [-0.39, 0.29) is 40.8 Å². The zero-order chi connectivity index (χ0) is 29.4. The van der Waals surface area contributed by atoms with Gasteiger partial charge in [-0.25, -0.2) is 19.2 Å². The molecule has 0 unspecified atom stereocenters. The van der Waals surface area contributed by atoms with E-state index in [1.807, 2.05) is 47.5 Å². The number of benzene rings is 1. The summed E-state index contributed by atoms with van der Waals surface area (Å²) in [5.41, 5.74) is 1.57. The lowest BCUT2D eigenvalue weighted by Gasteiger charge is -2.31. The molecule has 42 heavy (non-hydrogen) atoms. The molecule has 0 radical (unpaired) electrons. The van der Waals surface area contributed by atoms with Crippen LogP contribution in [0.5, 0.6) is 0 Å². The van der Waals surface area contributed by atoms with Gasteiger partial charge in [0.05, 0.1) is 17.9 Å². The molecular formula is C30H32ClFN6O3S. The van der Waals surface area contributed by atoms with E-state index in [4.69, 9.17) is 11.6 Å². The Labute approximate surface area is 251 Å². The van der Waals surface area contributed by atoms with Crippen molar-refractivity contribution in [1.82, 2.24) is 29.0 Å². The van der Waals surface area contributed by atoms with Crippen molar-refractivity contribution >= 4 is 40.3 Å². The van der Waals surface area contributed by atoms with Gasteiger partial charge in [0.1, 0.15) is 17.2 Å². The number of imidazole rings is 1. The third-order valence-electron chi connectivity index (χ3n) is 8.46. The molecule has 4 heterocycles. The third kappa shape index (κ3) is 5.64. The number of amides is 1. The van der Waals surface area contributed by atoms with E-state index in [2.05, 4.69) is 15.3 Å². The van der Waals surface area contributed by atoms with Gasteiger partial charge in [0, 0.05) is 35.4 Å². The van der Waals surface area contributed by atoms with Crippen LogP contribution in [-0.2, 0) is 6.54 Å². The van der Waals surface area contributed by atoms with Crippen LogP contribution >= 0.6 is 23.4 Å². The molecule has 1 aliphatic carbocycles. The summed E-state index contributed by atoms with van der Waals surface area (Å²) >= 11 is 7.83. The van der Waals surface area contributed by atoms with Crippen molar-refractivity contribution in [2.45, 2.75) is 70.1 Å². The van der Waals surface area contributed by atoms with Crippen LogP contribution in [0.2, 0.25) is 5.02 Å². The van der Waals surface area contributed by atoms with Crippen molar-refractivity contribution in [2.75, 3.05) is 11.5 Å². The quantitative estimate of drug-likeness (QED) is 0.334. The molecule has 12 heteroatoms. The standard InChI is InChI=1S/C30H32ClFN6O3S/c1-18-26(34-17-36(18)16-19-2-4-20(31)5-3-19)28(39)35-22-6-8-23(9-7-22)38-29(40)25-14-21(32)15-33-27(25)37(30(38)41)24-10-12-42-13-11-24/h2-5,14-15,17,22-24H,6-13,16H2,1H3,(H,35,39). The normalized spacial score (nSPS) is 19.7. The Bertz CT molecular complexity index is 1740. The highest BCUT2D eigenvalue weighted by Crippen LogP contribution is 2.30. The molecule has 1 aliphatic heterocycles. The fourth-order valence-electron chi connectivity index (χ4n) is 6.14. The van der Waals surface area contributed by atoms with Gasteiger partial charge in [-0.05, 0) is 80.7 Å². The average Bonchev–Trinajstić information content (AvgIpc) is 3.35. The monoisotopic (exact) mass is 610 g/mol. The molecule has 1 aromatic carbocycles. The zero-order valence-electron chi connectivity index (χ0n) is 23.3. The number of nitrogens with zero attached hydrogens (tertiary/aromatic N) is 5. The number of hydrogen-bond acceptors (Lipinski definition) is 6. The number of carbonyl (C=O) groups excluding carboxylic acids is 1. The molecule has 0 atom stereocenters. The predicted molar refractivity (Wildman–Crippen MR) is 162 cm³/mol. The Morgan fingerprint density at radius 2 is 1.71 bits per heavy atom. The van der Waals surface area contributed by atoms with Crippen molar-refractivity contribution < 1.29 is 9.18 Å². The van der Waals surface area contributed by atoms with Crippen LogP contribution in [0.3, 0.4) is 0 Å². The molecule has 220 valence electrons. The smallest absolute Gasteiger partial charge is 0.333 e. The van der Waals surface area contributed by atoms with Crippen molar-refractivity contribution in [2.24, 2.45) is 0 Å². The highest BCUT2D eigenvalue weighted by atomic mass is 35.5. The van der Waals surface area contributed by atoms with Crippen LogP contribution in [0.4, 0.5) is 4.39 Å². The summed E-state index contributed by atoms with van der Waals surface area (Å²) < 4.78 is 19.0. The molecule has 0 bridgehead atoms. The second-order valence-corrected chi connectivity index (χ2v) is 12.8. The van der Waals surface area contributed by atoms with Gasteiger partial charge in [0.25, 0.3) is 11.5 Å². The number of thioether (sulfide) groups is 1. The summed E-state index contributed by atoms with van der Waals surface area (Å²) in [6.07, 6.45) is 6.61. The number of hydrogen-bond donors (Lipinski definition) is 1. The Balaban J connectivity index is 1.18. The molecule has 1 saturated heterocycles. The van der Waals surface area contributed by atoms with Crippen LogP contribution < -0.4 is 16.6 Å². The first kappa shape index (κ1) is 28.7. The van der Waals surface area contributed by atoms with E-state index in [1.54, 1.807) is 10.9 Å². The SMILES string of the molecule is Cc1c(C(=O)NC2CCC(n3c(=O)c4cc(F)cnc4n(C4CCSCC4)c3=O)CC2)ncn1Cc1ccc(Cl)cc1. The van der Waals surface area contributed by atoms with Gasteiger partial charge >= 0.3 is 5.69 Å². The molecular weight excluding hydrogens is 579 g/mol. The summed E-state index contributed by atoms with van der Waals surface area (Å²) in [6.45, 7) is 2.44. The Kier molecular flexibility index (Phi) is 8.22. The number of rotatable bonds is 6. The van der Waals surface area contributed by atoms with Crippen molar-refractivity contribution in [3.63, 3.8) is 0 Å². The van der Waals surface area contributed by atoms with E-state index < -0.39 is 11.4 Å². The minimum atomic E-state index is -0.604. The van der Waals surface area contributed by atoms with Gasteiger partial charge in [-0.1, -0.05) is 23.7 Å². The van der Waals surface area contributed by atoms with E-state index in [0.717, 1.165) is 41.8 Å². The lowest BCUT2D eigenvalue weighted by Crippen LogP contribution is -2.46. The first-order chi connectivity index (χ1) is 20.3. The van der Waals surface area contributed by atoms with Crippen LogP contribution in [0.25, 0.3) is 11.0 Å². The maximum Gasteiger partial charge on any atom is 0.333 e. The lowest BCUT2D eigenvalue weighted by atomic mass is 9.90. The van der Waals surface area contributed by atoms with Crippen molar-refractivity contribution in [1.29, 1.82) is 0 Å². The van der Waals surface area contributed by atoms with E-state index in [0.29, 0.717) is 42.9 Å². The molecule has 2 aliphatic rings. The van der Waals surface area contributed by atoms with E-state index in [1.165, 1.54) is 10.6 Å². The largest absolute Gasteiger partial charge is 0.348 e. The summed E-state index contributed by atoms with van der Waals surface area (Å²) in [4.78, 5) is 49.0. The van der Waals surface area contributed by atoms with Gasteiger partial charge in [-0.2, -0.15) is 11.8 Å². The molecule has 3 aromatic heterocycles. The second kappa shape index (κ2) is 12.0. The number of fused-ring (bicyclic) bond motifs is 1. The number of nitrogens with one attached hydrogen (secondary N) is 1. The Hall–Kier alpha value is -3.44. The van der Waals surface area contributed by atoms with E-state index >= 15 is 0 Å². The van der Waals surface area contributed by atoms with E-state index in [9.17, 15) is 18.8 Å². The van der Waals surface area contributed by atoms with Crippen molar-refractivity contribution in [3.8, 4) is 0 Å². The van der Waals surface area contributed by atoms with Gasteiger partial charge in [-0.3, -0.25) is 18.7 Å². The predicted octanol–water partition coefficient (Wildman–Crippen LogP) is 4.89. The minimum Gasteiger partial charge on any atom is -0.348 e. The summed E-state index contributed by atoms with van der Waals surface area (Å²) in [7, 11) is 0. The number of pyridine rings is 1. The highest BCUT2D eigenvalue weighted by molar-refractivity contribution is 7.99. The molecule has 6 rings (SSSR count). The minimum absolute atomic E-state index is 0.0792. The third-order valence-corrected chi connectivity index (χ3v) is 9.76. The van der Waals surface area contributed by atoms with Gasteiger partial charge in [0.15, 0.2) is 0 Å². The Morgan fingerprint density at radius 1 is 1.02 bits per heavy atom. The second-order valence-electron chi connectivity index (χ2n) is 11.1. The molecule has 1 saturated carbocycles. The maximum absolute atomic E-state index is 14.2. The first-order valence-corrected chi connectivity index (χ1v) is 15.8. The summed E-state index contributed by atoms with van der Waals surface area (Å²) in [6, 6.07) is 8.21. The summed E-state index contributed by atoms with van der Waals surface area (Å²) in [5, 5.41) is 3.90. The van der Waals surface area contributed by atoms with Crippen LogP contribution in [0.1, 0.15) is 72.4 Å².